The van der Waals surface area contributed by atoms with E-state index in [-0.39, 0.29) is 36.3 Å². The molecule has 4 aromatic heterocycles. The van der Waals surface area contributed by atoms with Crippen LogP contribution in [0.2, 0.25) is 0 Å². The molecule has 13 heterocycles. The first kappa shape index (κ1) is 45.3. The van der Waals surface area contributed by atoms with Gasteiger partial charge in [0.05, 0.1) is 40.7 Å². The topological polar surface area (TPSA) is 102 Å². The molecule has 9 fully saturated rings. The van der Waals surface area contributed by atoms with Crippen LogP contribution in [0, 0.1) is 35.5 Å². The van der Waals surface area contributed by atoms with Gasteiger partial charge in [0.15, 0.2) is 0 Å². The van der Waals surface area contributed by atoms with Gasteiger partial charge in [-0.25, -0.2) is 0 Å². The van der Waals surface area contributed by atoms with Crippen LogP contribution in [0.1, 0.15) is 73.5 Å². The highest BCUT2D eigenvalue weighted by molar-refractivity contribution is 5.84. The first-order chi connectivity index (χ1) is 35.5. The van der Waals surface area contributed by atoms with Crippen molar-refractivity contribution in [3.63, 3.8) is 0 Å². The van der Waals surface area contributed by atoms with Crippen molar-refractivity contribution in [2.24, 2.45) is 35.5 Å². The molecule has 9 saturated heterocycles. The molecule has 16 rings (SSSR count). The lowest BCUT2D eigenvalue weighted by atomic mass is 9.73. The number of nitrogens with zero attached hydrogens (tertiary/aromatic N) is 8. The maximum Gasteiger partial charge on any atom is 0.323 e. The summed E-state index contributed by atoms with van der Waals surface area (Å²) in [6.45, 7) is 18.6. The SMILES string of the molecule is C=C[C@@H]1CN2CCC1CC2C(Oc1cc(O[C@@H](c2ccnc3ccccc23)C2CC3CCN2C[C@@H]3C=C)nc(OC(c2ccnc3ccccc23)C2CC3CCN2C[C@H]3C=C)n1)c1ccnc2ccccc12. The lowest BCUT2D eigenvalue weighted by molar-refractivity contribution is -0.0436. The molecule has 6 bridgehead atoms. The number of hydrogen-bond donors (Lipinski definition) is 0. The van der Waals surface area contributed by atoms with Gasteiger partial charge < -0.3 is 14.2 Å². The molecule has 0 amide bonds. The number of fused-ring (bicyclic) bond motifs is 12. The average molecular weight is 957 g/mol. The lowest BCUT2D eigenvalue weighted by Gasteiger charge is -2.51. The number of pyridine rings is 3. The smallest absolute Gasteiger partial charge is 0.323 e. The van der Waals surface area contributed by atoms with Crippen LogP contribution in [0.3, 0.4) is 0 Å². The highest BCUT2D eigenvalue weighted by atomic mass is 16.5. The van der Waals surface area contributed by atoms with Gasteiger partial charge in [0, 0.05) is 71.1 Å². The van der Waals surface area contributed by atoms with Crippen molar-refractivity contribution in [2.45, 2.75) is 75.0 Å². The Morgan fingerprint density at radius 2 is 0.806 bits per heavy atom. The molecule has 0 spiro atoms. The van der Waals surface area contributed by atoms with Crippen molar-refractivity contribution >= 4 is 32.7 Å². The van der Waals surface area contributed by atoms with E-state index in [9.17, 15) is 0 Å². The van der Waals surface area contributed by atoms with Crippen LogP contribution >= 0.6 is 0 Å². The lowest BCUT2D eigenvalue weighted by Crippen LogP contribution is -2.56. The Hall–Kier alpha value is -6.53. The molecule has 9 aliphatic rings. The van der Waals surface area contributed by atoms with Crippen LogP contribution in [0.5, 0.6) is 17.8 Å². The second-order valence-corrected chi connectivity index (χ2v) is 21.4. The fourth-order valence-corrected chi connectivity index (χ4v) is 14.2. The minimum atomic E-state index is -0.415. The number of para-hydroxylation sites is 3. The summed E-state index contributed by atoms with van der Waals surface area (Å²) in [4.78, 5) is 32.9. The van der Waals surface area contributed by atoms with Gasteiger partial charge in [0.1, 0.15) is 18.3 Å². The standard InChI is InChI=1S/C61H64N8O3/c1-4-38-35-67-28-22-41(38)31-53(67)58(47-19-25-62-50-16-10-7-13-44(47)50)70-56-34-57(71-59(48-20-26-63-51-17-11-8-14-45(48)51)54-32-42-23-29-68(54)36-39(42)5-2)66-61(65-56)72-60(49-21-27-64-52-18-12-9-15-46(49)52)55-33-43-24-30-69(55)37-40(43)6-3/h4-21,25-27,34,38-43,53-55,58-60H,1-3,22-24,28-33,35-37H2/t38-,39+,40-,41?,42?,43?,53?,54?,55?,58?,59+,60?/m1/s1. The number of benzene rings is 3. The minimum absolute atomic E-state index is 0.0713. The molecule has 0 aliphatic carbocycles. The van der Waals surface area contributed by atoms with Crippen molar-refractivity contribution in [1.29, 1.82) is 0 Å². The van der Waals surface area contributed by atoms with Crippen LogP contribution in [-0.4, -0.2) is 97.0 Å². The van der Waals surface area contributed by atoms with E-state index in [1.807, 2.05) is 30.7 Å². The van der Waals surface area contributed by atoms with E-state index in [0.29, 0.717) is 47.3 Å². The van der Waals surface area contributed by atoms with Crippen LogP contribution in [-0.2, 0) is 0 Å². The van der Waals surface area contributed by atoms with Gasteiger partial charge in [-0.1, -0.05) is 72.8 Å². The minimum Gasteiger partial charge on any atom is -0.467 e. The quantitative estimate of drug-likeness (QED) is 0.0918. The molecule has 366 valence electrons. The second-order valence-electron chi connectivity index (χ2n) is 21.4. The molecule has 3 aromatic carbocycles. The van der Waals surface area contributed by atoms with E-state index in [4.69, 9.17) is 39.1 Å². The Labute approximate surface area is 422 Å². The van der Waals surface area contributed by atoms with Gasteiger partial charge in [0.25, 0.3) is 0 Å². The van der Waals surface area contributed by atoms with E-state index in [2.05, 4.69) is 138 Å². The van der Waals surface area contributed by atoms with Gasteiger partial charge in [-0.3, -0.25) is 29.7 Å². The van der Waals surface area contributed by atoms with Crippen molar-refractivity contribution < 1.29 is 14.2 Å². The fraction of sp³-hybridized carbons (Fsp3) is 0.393. The molecule has 11 nitrogen and oxygen atoms in total. The van der Waals surface area contributed by atoms with E-state index in [0.717, 1.165) is 127 Å². The summed E-state index contributed by atoms with van der Waals surface area (Å²) in [6.07, 6.45) is 17.4. The van der Waals surface area contributed by atoms with E-state index >= 15 is 0 Å². The number of aromatic nitrogens is 5. The van der Waals surface area contributed by atoms with Gasteiger partial charge in [-0.2, -0.15) is 9.97 Å². The highest BCUT2D eigenvalue weighted by Crippen LogP contribution is 2.48. The second kappa shape index (κ2) is 19.1. The molecule has 7 aromatic rings. The molecule has 11 unspecified atom stereocenters. The van der Waals surface area contributed by atoms with E-state index in [1.54, 1.807) is 0 Å². The summed E-state index contributed by atoms with van der Waals surface area (Å²) in [5.41, 5.74) is 6.04. The normalized spacial score (nSPS) is 30.7. The monoisotopic (exact) mass is 957 g/mol. The van der Waals surface area contributed by atoms with Crippen molar-refractivity contribution in [2.75, 3.05) is 39.3 Å². The Morgan fingerprint density at radius 3 is 1.14 bits per heavy atom. The average Bonchev–Trinajstić information content (AvgIpc) is 3.45. The highest BCUT2D eigenvalue weighted by Gasteiger charge is 2.47. The van der Waals surface area contributed by atoms with Crippen molar-refractivity contribution in [3.8, 4) is 17.8 Å². The van der Waals surface area contributed by atoms with E-state index < -0.39 is 6.10 Å². The third-order valence-electron chi connectivity index (χ3n) is 17.9. The van der Waals surface area contributed by atoms with Gasteiger partial charge in [-0.05, 0) is 130 Å². The third kappa shape index (κ3) is 8.23. The van der Waals surface area contributed by atoms with E-state index in [1.165, 1.54) is 0 Å². The summed E-state index contributed by atoms with van der Waals surface area (Å²) in [5, 5.41) is 3.20. The summed E-state index contributed by atoms with van der Waals surface area (Å²) in [6, 6.07) is 34.0. The summed E-state index contributed by atoms with van der Waals surface area (Å²) in [5.74, 6) is 3.73. The zero-order valence-electron chi connectivity index (χ0n) is 41.0. The molecule has 0 saturated carbocycles. The molecule has 0 N–H and O–H groups in total. The Balaban J connectivity index is 0.961. The van der Waals surface area contributed by atoms with Gasteiger partial charge in [-0.15, -0.1) is 19.7 Å². The maximum absolute atomic E-state index is 7.54. The Morgan fingerprint density at radius 1 is 0.458 bits per heavy atom. The zero-order chi connectivity index (χ0) is 48.3. The summed E-state index contributed by atoms with van der Waals surface area (Å²) >= 11 is 0. The number of piperidine rings is 9. The van der Waals surface area contributed by atoms with Gasteiger partial charge in [0.2, 0.25) is 11.8 Å². The molecular weight excluding hydrogens is 893 g/mol. The van der Waals surface area contributed by atoms with Crippen LogP contribution in [0.4, 0.5) is 0 Å². The molecule has 9 aliphatic heterocycles. The largest absolute Gasteiger partial charge is 0.467 e. The van der Waals surface area contributed by atoms with Crippen molar-refractivity contribution in [1.82, 2.24) is 39.6 Å². The van der Waals surface area contributed by atoms with Gasteiger partial charge >= 0.3 is 6.01 Å². The molecular formula is C61H64N8O3. The number of ether oxygens (including phenoxy) is 3. The molecule has 72 heavy (non-hydrogen) atoms. The van der Waals surface area contributed by atoms with Crippen molar-refractivity contribution in [3.05, 3.63) is 170 Å². The number of rotatable bonds is 15. The van der Waals surface area contributed by atoms with Crippen LogP contribution in [0.25, 0.3) is 32.7 Å². The number of hydrogen-bond acceptors (Lipinski definition) is 11. The fourth-order valence-electron chi connectivity index (χ4n) is 14.2. The molecule has 0 radical (unpaired) electrons. The summed E-state index contributed by atoms with van der Waals surface area (Å²) in [7, 11) is 0. The maximum atomic E-state index is 7.54. The summed E-state index contributed by atoms with van der Waals surface area (Å²) < 4.78 is 22.6. The van der Waals surface area contributed by atoms with Crippen LogP contribution < -0.4 is 14.2 Å². The Kier molecular flexibility index (Phi) is 12.1. The zero-order valence-corrected chi connectivity index (χ0v) is 41.0. The first-order valence-corrected chi connectivity index (χ1v) is 26.5. The predicted octanol–water partition coefficient (Wildman–Crippen LogP) is 11.2. The Bertz CT molecular complexity index is 2810. The molecule has 15 atom stereocenters. The van der Waals surface area contributed by atoms with Crippen LogP contribution in [0.15, 0.2) is 154 Å². The third-order valence-corrected chi connectivity index (χ3v) is 17.9. The first-order valence-electron chi connectivity index (χ1n) is 26.5. The predicted molar refractivity (Wildman–Crippen MR) is 283 cm³/mol. The molecule has 11 heteroatoms.